The van der Waals surface area contributed by atoms with Crippen LogP contribution < -0.4 is 5.32 Å². The molecule has 0 spiro atoms. The van der Waals surface area contributed by atoms with E-state index in [9.17, 15) is 18.8 Å². The standard InChI is InChI=1S/C24H27FN4O3S/c1-33-14-10-21(30)28-12-8-18(9-13-28)24(19-3-2-11-26-15-19)22(31)29(23(32)27-24)16-17-4-6-20(25)7-5-17/h2-7,11,15,18H,8-10,12-14,16H2,1H3,(H,27,32)/t24-/m0/s1. The Labute approximate surface area is 196 Å². The van der Waals surface area contributed by atoms with Gasteiger partial charge in [-0.1, -0.05) is 18.2 Å². The summed E-state index contributed by atoms with van der Waals surface area (Å²) in [6, 6.07) is 8.84. The van der Waals surface area contributed by atoms with Crippen LogP contribution in [0.25, 0.3) is 0 Å². The molecular weight excluding hydrogens is 443 g/mol. The molecule has 2 saturated heterocycles. The molecular formula is C24H27FN4O3S. The number of urea groups is 1. The number of halogens is 1. The van der Waals surface area contributed by atoms with E-state index in [1.54, 1.807) is 42.4 Å². The third kappa shape index (κ3) is 4.59. The van der Waals surface area contributed by atoms with E-state index < -0.39 is 11.6 Å². The first-order chi connectivity index (χ1) is 16.0. The second kappa shape index (κ2) is 9.91. The lowest BCUT2D eigenvalue weighted by Crippen LogP contribution is -2.54. The number of likely N-dealkylation sites (tertiary alicyclic amines) is 1. The molecule has 0 bridgehead atoms. The largest absolute Gasteiger partial charge is 0.343 e. The zero-order chi connectivity index (χ0) is 23.4. The number of piperidine rings is 1. The summed E-state index contributed by atoms with van der Waals surface area (Å²) < 4.78 is 13.3. The van der Waals surface area contributed by atoms with Crippen molar-refractivity contribution >= 4 is 29.6 Å². The molecule has 4 amide bonds. The zero-order valence-corrected chi connectivity index (χ0v) is 19.3. The summed E-state index contributed by atoms with van der Waals surface area (Å²) in [7, 11) is 0. The Balaban J connectivity index is 1.59. The van der Waals surface area contributed by atoms with Gasteiger partial charge in [0.15, 0.2) is 5.54 Å². The van der Waals surface area contributed by atoms with E-state index in [2.05, 4.69) is 10.3 Å². The first-order valence-corrected chi connectivity index (χ1v) is 12.4. The lowest BCUT2D eigenvalue weighted by Gasteiger charge is -2.41. The van der Waals surface area contributed by atoms with Crippen LogP contribution in [0.15, 0.2) is 48.8 Å². The molecule has 0 saturated carbocycles. The molecule has 0 aliphatic carbocycles. The molecule has 2 aliphatic heterocycles. The number of nitrogens with zero attached hydrogens (tertiary/aromatic N) is 3. The molecule has 2 aliphatic rings. The molecule has 1 aromatic heterocycles. The van der Waals surface area contributed by atoms with E-state index >= 15 is 0 Å². The Morgan fingerprint density at radius 3 is 2.58 bits per heavy atom. The van der Waals surface area contributed by atoms with Crippen molar-refractivity contribution < 1.29 is 18.8 Å². The normalized spacial score (nSPS) is 21.4. The number of imide groups is 1. The van der Waals surface area contributed by atoms with Gasteiger partial charge in [0.2, 0.25) is 5.91 Å². The van der Waals surface area contributed by atoms with Crippen molar-refractivity contribution in [2.75, 3.05) is 25.1 Å². The highest BCUT2D eigenvalue weighted by molar-refractivity contribution is 7.98. The van der Waals surface area contributed by atoms with Crippen LogP contribution in [0.3, 0.4) is 0 Å². The maximum atomic E-state index is 13.8. The Kier molecular flexibility index (Phi) is 6.97. The number of rotatable bonds is 7. The molecule has 1 N–H and O–H groups in total. The Bertz CT molecular complexity index is 1010. The summed E-state index contributed by atoms with van der Waals surface area (Å²) in [5.74, 6) is 0.0149. The fourth-order valence-electron chi connectivity index (χ4n) is 4.72. The van der Waals surface area contributed by atoms with Gasteiger partial charge >= 0.3 is 6.03 Å². The number of hydrogen-bond acceptors (Lipinski definition) is 5. The number of aromatic nitrogens is 1. The monoisotopic (exact) mass is 470 g/mol. The van der Waals surface area contributed by atoms with E-state index in [4.69, 9.17) is 0 Å². The third-order valence-electron chi connectivity index (χ3n) is 6.48. The Morgan fingerprint density at radius 2 is 1.94 bits per heavy atom. The molecule has 0 radical (unpaired) electrons. The highest BCUT2D eigenvalue weighted by Crippen LogP contribution is 2.41. The smallest absolute Gasteiger partial charge is 0.325 e. The van der Waals surface area contributed by atoms with Crippen molar-refractivity contribution in [2.45, 2.75) is 31.3 Å². The first-order valence-electron chi connectivity index (χ1n) is 11.0. The molecule has 1 aromatic carbocycles. The van der Waals surface area contributed by atoms with Gasteiger partial charge in [0.05, 0.1) is 6.54 Å². The van der Waals surface area contributed by atoms with Gasteiger partial charge in [-0.15, -0.1) is 0 Å². The molecule has 174 valence electrons. The van der Waals surface area contributed by atoms with Crippen molar-refractivity contribution in [3.63, 3.8) is 0 Å². The van der Waals surface area contributed by atoms with Crippen LogP contribution in [-0.4, -0.2) is 57.7 Å². The maximum absolute atomic E-state index is 13.8. The number of amides is 4. The van der Waals surface area contributed by atoms with Crippen LogP contribution in [-0.2, 0) is 21.7 Å². The van der Waals surface area contributed by atoms with Crippen LogP contribution in [0.4, 0.5) is 9.18 Å². The lowest BCUT2D eigenvalue weighted by atomic mass is 9.73. The molecule has 0 unspecified atom stereocenters. The second-order valence-corrected chi connectivity index (χ2v) is 9.38. The Morgan fingerprint density at radius 1 is 1.21 bits per heavy atom. The summed E-state index contributed by atoms with van der Waals surface area (Å²) in [6.07, 6.45) is 6.91. The molecule has 2 aromatic rings. The van der Waals surface area contributed by atoms with E-state index in [0.29, 0.717) is 43.5 Å². The van der Waals surface area contributed by atoms with E-state index in [-0.39, 0.29) is 30.1 Å². The molecule has 33 heavy (non-hydrogen) atoms. The van der Waals surface area contributed by atoms with Gasteiger partial charge in [0.1, 0.15) is 5.82 Å². The average Bonchev–Trinajstić information content (AvgIpc) is 3.10. The minimum absolute atomic E-state index is 0.0545. The molecule has 3 heterocycles. The van der Waals surface area contributed by atoms with Gasteiger partial charge in [-0.05, 0) is 48.8 Å². The van der Waals surface area contributed by atoms with Crippen molar-refractivity contribution in [2.24, 2.45) is 5.92 Å². The predicted octanol–water partition coefficient (Wildman–Crippen LogP) is 3.16. The Hall–Kier alpha value is -2.94. The molecule has 7 nitrogen and oxygen atoms in total. The zero-order valence-electron chi connectivity index (χ0n) is 18.5. The molecule has 2 fully saturated rings. The highest BCUT2D eigenvalue weighted by atomic mass is 32.2. The SMILES string of the molecule is CSCCC(=O)N1CCC([C@@]2(c3cccnc3)NC(=O)N(Cc3ccc(F)cc3)C2=O)CC1. The van der Waals surface area contributed by atoms with Crippen LogP contribution in [0.5, 0.6) is 0 Å². The van der Waals surface area contributed by atoms with Crippen molar-refractivity contribution in [1.82, 2.24) is 20.1 Å². The first kappa shape index (κ1) is 23.2. The number of hydrogen-bond donors (Lipinski definition) is 1. The van der Waals surface area contributed by atoms with E-state index in [0.717, 1.165) is 5.75 Å². The summed E-state index contributed by atoms with van der Waals surface area (Å²) in [6.45, 7) is 1.14. The van der Waals surface area contributed by atoms with E-state index in [1.165, 1.54) is 17.0 Å². The number of thioether (sulfide) groups is 1. The van der Waals surface area contributed by atoms with Gasteiger partial charge < -0.3 is 10.2 Å². The quantitative estimate of drug-likeness (QED) is 0.629. The maximum Gasteiger partial charge on any atom is 0.325 e. The summed E-state index contributed by atoms with van der Waals surface area (Å²) in [4.78, 5) is 46.5. The van der Waals surface area contributed by atoms with Crippen LogP contribution in [0, 0.1) is 11.7 Å². The fraction of sp³-hybridized carbons (Fsp3) is 0.417. The number of nitrogens with one attached hydrogen (secondary N) is 1. The summed E-state index contributed by atoms with van der Waals surface area (Å²) in [5, 5.41) is 2.98. The van der Waals surface area contributed by atoms with Crippen LogP contribution >= 0.6 is 11.8 Å². The second-order valence-electron chi connectivity index (χ2n) is 8.40. The number of pyridine rings is 1. The fourth-order valence-corrected chi connectivity index (χ4v) is 5.10. The van der Waals surface area contributed by atoms with Gasteiger partial charge in [-0.3, -0.25) is 19.5 Å². The minimum atomic E-state index is -1.24. The summed E-state index contributed by atoms with van der Waals surface area (Å²) in [5.41, 5.74) is 0.0629. The van der Waals surface area contributed by atoms with Crippen molar-refractivity contribution in [3.8, 4) is 0 Å². The number of carbonyl (C=O) groups is 3. The molecule has 9 heteroatoms. The summed E-state index contributed by atoms with van der Waals surface area (Å²) >= 11 is 1.64. The lowest BCUT2D eigenvalue weighted by molar-refractivity contribution is -0.136. The van der Waals surface area contributed by atoms with Crippen molar-refractivity contribution in [3.05, 3.63) is 65.7 Å². The third-order valence-corrected chi connectivity index (χ3v) is 7.10. The number of carbonyl (C=O) groups excluding carboxylic acids is 3. The van der Waals surface area contributed by atoms with Crippen LogP contribution in [0.1, 0.15) is 30.4 Å². The van der Waals surface area contributed by atoms with Crippen molar-refractivity contribution in [1.29, 1.82) is 0 Å². The minimum Gasteiger partial charge on any atom is -0.343 e. The van der Waals surface area contributed by atoms with Gasteiger partial charge in [-0.25, -0.2) is 9.18 Å². The average molecular weight is 471 g/mol. The van der Waals surface area contributed by atoms with Gasteiger partial charge in [-0.2, -0.15) is 11.8 Å². The van der Waals surface area contributed by atoms with Gasteiger partial charge in [0, 0.05) is 43.2 Å². The predicted molar refractivity (Wildman–Crippen MR) is 124 cm³/mol. The van der Waals surface area contributed by atoms with Gasteiger partial charge in [0.25, 0.3) is 5.91 Å². The topological polar surface area (TPSA) is 82.6 Å². The number of benzene rings is 1. The molecule has 1 atom stereocenters. The van der Waals surface area contributed by atoms with Crippen LogP contribution in [0.2, 0.25) is 0 Å². The highest BCUT2D eigenvalue weighted by Gasteiger charge is 2.57. The van der Waals surface area contributed by atoms with E-state index in [1.807, 2.05) is 17.2 Å². The molecule has 4 rings (SSSR count).